The van der Waals surface area contributed by atoms with Crippen LogP contribution >= 0.6 is 11.6 Å². The van der Waals surface area contributed by atoms with Gasteiger partial charge < -0.3 is 5.73 Å². The van der Waals surface area contributed by atoms with Gasteiger partial charge in [-0.2, -0.15) is 0 Å². The molecule has 0 saturated carbocycles. The third-order valence-electron chi connectivity index (χ3n) is 5.13. The fraction of sp³-hybridized carbons (Fsp3) is 0.647. The maximum absolute atomic E-state index is 6.18. The molecule has 0 bridgehead atoms. The highest BCUT2D eigenvalue weighted by Gasteiger charge is 2.42. The average Bonchev–Trinajstić information content (AvgIpc) is 2.91. The summed E-state index contributed by atoms with van der Waals surface area (Å²) in [5.41, 5.74) is 7.50. The first-order chi connectivity index (χ1) is 9.89. The quantitative estimate of drug-likeness (QED) is 0.907. The molecule has 2 N–H and O–H groups in total. The summed E-state index contributed by atoms with van der Waals surface area (Å²) in [4.78, 5) is 4.97. The Morgan fingerprint density at radius 2 is 2.10 bits per heavy atom. The van der Waals surface area contributed by atoms with E-state index in [0.29, 0.717) is 18.6 Å². The van der Waals surface area contributed by atoms with Crippen molar-refractivity contribution in [3.05, 3.63) is 34.9 Å². The topological polar surface area (TPSA) is 32.5 Å². The molecule has 0 aliphatic carbocycles. The molecule has 1 aromatic carbocycles. The van der Waals surface area contributed by atoms with Crippen molar-refractivity contribution in [2.45, 2.75) is 44.8 Å². The number of benzene rings is 1. The van der Waals surface area contributed by atoms with E-state index in [4.69, 9.17) is 17.3 Å². The van der Waals surface area contributed by atoms with Crippen molar-refractivity contribution in [2.75, 3.05) is 26.7 Å². The minimum absolute atomic E-state index is 0.0615. The Labute approximate surface area is 134 Å². The summed E-state index contributed by atoms with van der Waals surface area (Å²) in [5, 5.41) is 0.796. The summed E-state index contributed by atoms with van der Waals surface area (Å²) in [6, 6.07) is 9.03. The van der Waals surface area contributed by atoms with Gasteiger partial charge in [-0.3, -0.25) is 9.80 Å². The zero-order chi connectivity index (χ0) is 15.6. The second kappa shape index (κ2) is 6.66. The Morgan fingerprint density at radius 3 is 2.62 bits per heavy atom. The van der Waals surface area contributed by atoms with Crippen molar-refractivity contribution in [1.29, 1.82) is 0 Å². The molecule has 1 heterocycles. The molecule has 0 amide bonds. The average molecular weight is 310 g/mol. The standard InChI is InChI=1S/C17H28ClN3/c1-13(2)21-9-8-17(11-19,12-21)20(4)14(3)15-6-5-7-16(18)10-15/h5-7,10,13-14H,8-9,11-12,19H2,1-4H3. The van der Waals surface area contributed by atoms with E-state index in [0.717, 1.165) is 24.5 Å². The maximum Gasteiger partial charge on any atom is 0.0473 e. The normalized spacial score (nSPS) is 25.0. The Kier molecular flexibility index (Phi) is 5.31. The van der Waals surface area contributed by atoms with Crippen molar-refractivity contribution in [3.8, 4) is 0 Å². The van der Waals surface area contributed by atoms with Gasteiger partial charge in [0.15, 0.2) is 0 Å². The predicted molar refractivity (Wildman–Crippen MR) is 90.7 cm³/mol. The monoisotopic (exact) mass is 309 g/mol. The van der Waals surface area contributed by atoms with E-state index in [1.54, 1.807) is 0 Å². The summed E-state index contributed by atoms with van der Waals surface area (Å²) < 4.78 is 0. The van der Waals surface area contributed by atoms with Crippen LogP contribution in [0.3, 0.4) is 0 Å². The molecule has 3 nitrogen and oxygen atoms in total. The zero-order valence-corrected chi connectivity index (χ0v) is 14.4. The lowest BCUT2D eigenvalue weighted by Crippen LogP contribution is -2.55. The van der Waals surface area contributed by atoms with E-state index in [9.17, 15) is 0 Å². The third-order valence-corrected chi connectivity index (χ3v) is 5.37. The van der Waals surface area contributed by atoms with Crippen LogP contribution in [-0.4, -0.2) is 48.1 Å². The molecule has 1 aliphatic heterocycles. The SMILES string of the molecule is CC(C)N1CCC(CN)(N(C)C(C)c2cccc(Cl)c2)C1. The van der Waals surface area contributed by atoms with E-state index < -0.39 is 0 Å². The van der Waals surface area contributed by atoms with Crippen LogP contribution in [0.25, 0.3) is 0 Å². The second-order valence-corrected chi connectivity index (χ2v) is 7.02. The first-order valence-electron chi connectivity index (χ1n) is 7.82. The lowest BCUT2D eigenvalue weighted by Gasteiger charge is -2.42. The molecule has 2 rings (SSSR count). The number of nitrogens with two attached hydrogens (primary N) is 1. The van der Waals surface area contributed by atoms with Crippen LogP contribution in [0.2, 0.25) is 5.02 Å². The lowest BCUT2D eigenvalue weighted by atomic mass is 9.93. The van der Waals surface area contributed by atoms with E-state index >= 15 is 0 Å². The molecule has 0 radical (unpaired) electrons. The number of rotatable bonds is 5. The van der Waals surface area contributed by atoms with Gasteiger partial charge in [0, 0.05) is 42.3 Å². The molecular weight excluding hydrogens is 282 g/mol. The number of nitrogens with zero attached hydrogens (tertiary/aromatic N) is 2. The fourth-order valence-corrected chi connectivity index (χ4v) is 3.53. The van der Waals surface area contributed by atoms with Gasteiger partial charge in [0.1, 0.15) is 0 Å². The Balaban J connectivity index is 2.19. The van der Waals surface area contributed by atoms with Crippen molar-refractivity contribution in [2.24, 2.45) is 5.73 Å². The summed E-state index contributed by atoms with van der Waals surface area (Å²) >= 11 is 6.14. The Bertz CT molecular complexity index is 477. The predicted octanol–water partition coefficient (Wildman–Crippen LogP) is 3.14. The van der Waals surface area contributed by atoms with Gasteiger partial charge in [0.2, 0.25) is 0 Å². The van der Waals surface area contributed by atoms with Crippen molar-refractivity contribution in [3.63, 3.8) is 0 Å². The van der Waals surface area contributed by atoms with Crippen LogP contribution in [0.1, 0.15) is 38.8 Å². The number of likely N-dealkylation sites (N-methyl/N-ethyl adjacent to an activating group) is 1. The van der Waals surface area contributed by atoms with E-state index in [1.165, 1.54) is 5.56 Å². The number of hydrogen-bond acceptors (Lipinski definition) is 3. The van der Waals surface area contributed by atoms with Gasteiger partial charge in [-0.05, 0) is 51.9 Å². The zero-order valence-electron chi connectivity index (χ0n) is 13.6. The first kappa shape index (κ1) is 16.8. The Morgan fingerprint density at radius 1 is 1.38 bits per heavy atom. The van der Waals surface area contributed by atoms with Crippen molar-refractivity contribution >= 4 is 11.6 Å². The summed E-state index contributed by atoms with van der Waals surface area (Å²) in [6.45, 7) is 9.61. The third kappa shape index (κ3) is 3.42. The van der Waals surface area contributed by atoms with Crippen LogP contribution in [0.4, 0.5) is 0 Å². The maximum atomic E-state index is 6.18. The molecule has 0 aromatic heterocycles. The van der Waals surface area contributed by atoms with Gasteiger partial charge in [-0.15, -0.1) is 0 Å². The largest absolute Gasteiger partial charge is 0.329 e. The molecule has 118 valence electrons. The van der Waals surface area contributed by atoms with Gasteiger partial charge in [-0.25, -0.2) is 0 Å². The van der Waals surface area contributed by atoms with Gasteiger partial charge >= 0.3 is 0 Å². The van der Waals surface area contributed by atoms with Crippen LogP contribution in [0.15, 0.2) is 24.3 Å². The molecule has 1 aromatic rings. The molecule has 1 aliphatic rings. The summed E-state index contributed by atoms with van der Waals surface area (Å²) in [5.74, 6) is 0. The number of likely N-dealkylation sites (tertiary alicyclic amines) is 1. The van der Waals surface area contributed by atoms with Crippen molar-refractivity contribution in [1.82, 2.24) is 9.80 Å². The second-order valence-electron chi connectivity index (χ2n) is 6.58. The first-order valence-corrected chi connectivity index (χ1v) is 8.20. The number of halogens is 1. The molecule has 0 spiro atoms. The molecule has 2 unspecified atom stereocenters. The highest BCUT2D eigenvalue weighted by Crippen LogP contribution is 2.34. The fourth-order valence-electron chi connectivity index (χ4n) is 3.33. The van der Waals surface area contributed by atoms with E-state index in [-0.39, 0.29) is 5.54 Å². The van der Waals surface area contributed by atoms with Crippen molar-refractivity contribution < 1.29 is 0 Å². The van der Waals surface area contributed by atoms with Gasteiger partial charge in [-0.1, -0.05) is 23.7 Å². The summed E-state index contributed by atoms with van der Waals surface area (Å²) in [6.07, 6.45) is 1.13. The van der Waals surface area contributed by atoms with Crippen LogP contribution in [0, 0.1) is 0 Å². The highest BCUT2D eigenvalue weighted by atomic mass is 35.5. The van der Waals surface area contributed by atoms with Gasteiger partial charge in [0.25, 0.3) is 0 Å². The molecule has 1 saturated heterocycles. The molecule has 1 fully saturated rings. The minimum Gasteiger partial charge on any atom is -0.329 e. The van der Waals surface area contributed by atoms with Crippen LogP contribution in [0.5, 0.6) is 0 Å². The number of hydrogen-bond donors (Lipinski definition) is 1. The molecular formula is C17H28ClN3. The van der Waals surface area contributed by atoms with E-state index in [2.05, 4.69) is 49.8 Å². The molecule has 4 heteroatoms. The highest BCUT2D eigenvalue weighted by molar-refractivity contribution is 6.30. The summed E-state index contributed by atoms with van der Waals surface area (Å²) in [7, 11) is 2.20. The van der Waals surface area contributed by atoms with Crippen LogP contribution in [-0.2, 0) is 0 Å². The van der Waals surface area contributed by atoms with Crippen LogP contribution < -0.4 is 5.73 Å². The molecule has 2 atom stereocenters. The lowest BCUT2D eigenvalue weighted by molar-refractivity contribution is 0.0852. The van der Waals surface area contributed by atoms with Gasteiger partial charge in [0.05, 0.1) is 0 Å². The Hall–Kier alpha value is -0.610. The minimum atomic E-state index is 0.0615. The molecule has 21 heavy (non-hydrogen) atoms. The smallest absolute Gasteiger partial charge is 0.0473 e. The van der Waals surface area contributed by atoms with E-state index in [1.807, 2.05) is 12.1 Å².